The topological polar surface area (TPSA) is 96.0 Å². The van der Waals surface area contributed by atoms with Crippen molar-refractivity contribution in [3.63, 3.8) is 0 Å². The van der Waals surface area contributed by atoms with Crippen LogP contribution in [0.2, 0.25) is 0 Å². The summed E-state index contributed by atoms with van der Waals surface area (Å²) in [5.41, 5.74) is 2.40. The normalized spacial score (nSPS) is 21.8. The number of fused-ring (bicyclic) bond motifs is 1. The summed E-state index contributed by atoms with van der Waals surface area (Å²) in [7, 11) is -2.19. The number of nitrogens with one attached hydrogen (secondary N) is 1. The predicted molar refractivity (Wildman–Crippen MR) is 119 cm³/mol. The van der Waals surface area contributed by atoms with E-state index in [9.17, 15) is 18.0 Å². The molecular formula is C23H27N3O5S. The molecule has 2 aliphatic rings. The Kier molecular flexibility index (Phi) is 5.96. The second-order valence-corrected chi connectivity index (χ2v) is 10.2. The summed E-state index contributed by atoms with van der Waals surface area (Å²) in [6, 6.07) is 11.1. The lowest BCUT2D eigenvalue weighted by atomic mass is 9.99. The van der Waals surface area contributed by atoms with E-state index in [4.69, 9.17) is 4.74 Å². The largest absolute Gasteiger partial charge is 0.497 e. The molecule has 4 rings (SSSR count). The fraction of sp³-hybridized carbons (Fsp3) is 0.391. The summed E-state index contributed by atoms with van der Waals surface area (Å²) < 4.78 is 33.0. The van der Waals surface area contributed by atoms with Crippen molar-refractivity contribution in [3.8, 4) is 5.75 Å². The molecule has 2 atom stereocenters. The van der Waals surface area contributed by atoms with E-state index in [1.165, 1.54) is 9.21 Å². The van der Waals surface area contributed by atoms with E-state index in [1.54, 1.807) is 26.2 Å². The molecule has 2 fully saturated rings. The zero-order valence-corrected chi connectivity index (χ0v) is 19.2. The third-order valence-corrected chi connectivity index (χ3v) is 8.11. The Balaban J connectivity index is 1.50. The quantitative estimate of drug-likeness (QED) is 0.729. The molecule has 2 aliphatic heterocycles. The standard InChI is InChI=1S/C23H27N3O5S/c1-15-4-5-16(2)21(12-15)32(29,30)25-10-11-26-20(14-25)22(27)24-19(23(26)28)13-17-6-8-18(31-3)9-7-17/h4-9,12,19-20H,10-11,13-14H2,1-3H3,(H,24,27)/t19-,20+/m0/s1. The minimum atomic E-state index is -3.77. The van der Waals surface area contributed by atoms with Gasteiger partial charge < -0.3 is 15.0 Å². The molecule has 0 aromatic heterocycles. The second kappa shape index (κ2) is 8.55. The van der Waals surface area contributed by atoms with Crippen LogP contribution in [0.1, 0.15) is 16.7 Å². The molecule has 0 radical (unpaired) electrons. The number of nitrogens with zero attached hydrogens (tertiary/aromatic N) is 2. The van der Waals surface area contributed by atoms with Gasteiger partial charge in [0, 0.05) is 26.1 Å². The Morgan fingerprint density at radius 1 is 1.06 bits per heavy atom. The van der Waals surface area contributed by atoms with Crippen molar-refractivity contribution in [1.29, 1.82) is 0 Å². The Hall–Kier alpha value is -2.91. The molecule has 170 valence electrons. The van der Waals surface area contributed by atoms with Gasteiger partial charge in [-0.3, -0.25) is 9.59 Å². The van der Waals surface area contributed by atoms with Crippen LogP contribution < -0.4 is 10.1 Å². The predicted octanol–water partition coefficient (Wildman–Crippen LogP) is 1.25. The highest BCUT2D eigenvalue weighted by Crippen LogP contribution is 2.26. The fourth-order valence-electron chi connectivity index (χ4n) is 4.25. The molecule has 9 heteroatoms. The number of methoxy groups -OCH3 is 1. The Bertz CT molecular complexity index is 1150. The Morgan fingerprint density at radius 2 is 1.78 bits per heavy atom. The van der Waals surface area contributed by atoms with Crippen LogP contribution >= 0.6 is 0 Å². The van der Waals surface area contributed by atoms with Crippen molar-refractivity contribution in [2.45, 2.75) is 37.2 Å². The van der Waals surface area contributed by atoms with E-state index >= 15 is 0 Å². The van der Waals surface area contributed by atoms with Gasteiger partial charge >= 0.3 is 0 Å². The molecule has 1 N–H and O–H groups in total. The van der Waals surface area contributed by atoms with Crippen LogP contribution in [-0.4, -0.2) is 68.3 Å². The maximum absolute atomic E-state index is 13.3. The van der Waals surface area contributed by atoms with E-state index in [2.05, 4.69) is 5.32 Å². The van der Waals surface area contributed by atoms with Crippen molar-refractivity contribution in [3.05, 3.63) is 59.2 Å². The molecular weight excluding hydrogens is 430 g/mol. The number of carbonyl (C=O) groups excluding carboxylic acids is 2. The van der Waals surface area contributed by atoms with Gasteiger partial charge in [0.1, 0.15) is 17.8 Å². The molecule has 32 heavy (non-hydrogen) atoms. The van der Waals surface area contributed by atoms with E-state index in [1.807, 2.05) is 37.3 Å². The molecule has 2 heterocycles. The number of carbonyl (C=O) groups is 2. The van der Waals surface area contributed by atoms with Gasteiger partial charge in [-0.25, -0.2) is 8.42 Å². The van der Waals surface area contributed by atoms with Crippen molar-refractivity contribution in [2.24, 2.45) is 0 Å². The lowest BCUT2D eigenvalue weighted by Gasteiger charge is -2.44. The molecule has 0 aliphatic carbocycles. The third-order valence-electron chi connectivity index (χ3n) is 6.10. The summed E-state index contributed by atoms with van der Waals surface area (Å²) in [4.78, 5) is 27.7. The zero-order chi connectivity index (χ0) is 23.0. The highest BCUT2D eigenvalue weighted by molar-refractivity contribution is 7.89. The number of sulfonamides is 1. The van der Waals surface area contributed by atoms with Crippen LogP contribution in [0.5, 0.6) is 5.75 Å². The fourth-order valence-corrected chi connectivity index (χ4v) is 6.00. The molecule has 2 aromatic rings. The van der Waals surface area contributed by atoms with Gasteiger partial charge in [0.2, 0.25) is 21.8 Å². The summed E-state index contributed by atoms with van der Waals surface area (Å²) in [5.74, 6) is 0.201. The number of ether oxygens (including phenoxy) is 1. The molecule has 2 aromatic carbocycles. The third kappa shape index (κ3) is 4.10. The van der Waals surface area contributed by atoms with Crippen LogP contribution in [0.3, 0.4) is 0 Å². The molecule has 0 bridgehead atoms. The molecule has 2 saturated heterocycles. The van der Waals surface area contributed by atoms with Gasteiger partial charge in [0.05, 0.1) is 12.0 Å². The number of hydrogen-bond donors (Lipinski definition) is 1. The first-order valence-corrected chi connectivity index (χ1v) is 12.0. The lowest BCUT2D eigenvalue weighted by molar-refractivity contribution is -0.151. The minimum absolute atomic E-state index is 0.0530. The smallest absolute Gasteiger partial charge is 0.246 e. The SMILES string of the molecule is COc1ccc(C[C@@H]2NC(=O)[C@H]3CN(S(=O)(=O)c4cc(C)ccc4C)CCN3C2=O)cc1. The number of benzene rings is 2. The average Bonchev–Trinajstić information content (AvgIpc) is 2.79. The van der Waals surface area contributed by atoms with Crippen LogP contribution in [0.25, 0.3) is 0 Å². The van der Waals surface area contributed by atoms with Crippen molar-refractivity contribution < 1.29 is 22.7 Å². The monoisotopic (exact) mass is 457 g/mol. The van der Waals surface area contributed by atoms with Crippen molar-refractivity contribution in [1.82, 2.24) is 14.5 Å². The number of piperazine rings is 2. The van der Waals surface area contributed by atoms with E-state index in [0.717, 1.165) is 11.1 Å². The summed E-state index contributed by atoms with van der Waals surface area (Å²) in [6.07, 6.45) is 0.363. The first-order chi connectivity index (χ1) is 15.2. The number of aryl methyl sites for hydroxylation is 2. The molecule has 0 unspecified atom stereocenters. The van der Waals surface area contributed by atoms with Crippen LogP contribution in [-0.2, 0) is 26.0 Å². The van der Waals surface area contributed by atoms with E-state index < -0.39 is 22.1 Å². The van der Waals surface area contributed by atoms with Gasteiger partial charge in [-0.1, -0.05) is 24.3 Å². The molecule has 2 amide bonds. The summed E-state index contributed by atoms with van der Waals surface area (Å²) in [5, 5.41) is 2.79. The van der Waals surface area contributed by atoms with Crippen LogP contribution in [0.15, 0.2) is 47.4 Å². The number of rotatable bonds is 5. The average molecular weight is 458 g/mol. The van der Waals surface area contributed by atoms with Gasteiger partial charge in [0.15, 0.2) is 0 Å². The molecule has 8 nitrogen and oxygen atoms in total. The maximum atomic E-state index is 13.3. The Morgan fingerprint density at radius 3 is 2.47 bits per heavy atom. The first-order valence-electron chi connectivity index (χ1n) is 10.5. The Labute approximate surface area is 188 Å². The van der Waals surface area contributed by atoms with Crippen molar-refractivity contribution >= 4 is 21.8 Å². The minimum Gasteiger partial charge on any atom is -0.497 e. The summed E-state index contributed by atoms with van der Waals surface area (Å²) in [6.45, 7) is 3.87. The summed E-state index contributed by atoms with van der Waals surface area (Å²) >= 11 is 0. The first kappa shape index (κ1) is 22.3. The van der Waals surface area contributed by atoms with Gasteiger partial charge in [0.25, 0.3) is 0 Å². The van der Waals surface area contributed by atoms with Crippen LogP contribution in [0, 0.1) is 13.8 Å². The highest BCUT2D eigenvalue weighted by atomic mass is 32.2. The zero-order valence-electron chi connectivity index (χ0n) is 18.4. The lowest BCUT2D eigenvalue weighted by Crippen LogP contribution is -2.69. The van der Waals surface area contributed by atoms with Gasteiger partial charge in [-0.05, 0) is 48.7 Å². The van der Waals surface area contributed by atoms with E-state index in [0.29, 0.717) is 17.7 Å². The number of hydrogen-bond acceptors (Lipinski definition) is 5. The highest BCUT2D eigenvalue weighted by Gasteiger charge is 2.45. The number of amides is 2. The van der Waals surface area contributed by atoms with Gasteiger partial charge in [-0.2, -0.15) is 4.31 Å². The maximum Gasteiger partial charge on any atom is 0.246 e. The van der Waals surface area contributed by atoms with Crippen molar-refractivity contribution in [2.75, 3.05) is 26.7 Å². The van der Waals surface area contributed by atoms with Crippen LogP contribution in [0.4, 0.5) is 0 Å². The molecule has 0 spiro atoms. The van der Waals surface area contributed by atoms with E-state index in [-0.39, 0.29) is 36.3 Å². The molecule has 0 saturated carbocycles. The van der Waals surface area contributed by atoms with Gasteiger partial charge in [-0.15, -0.1) is 0 Å². The second-order valence-electron chi connectivity index (χ2n) is 8.29.